The highest BCUT2D eigenvalue weighted by Gasteiger charge is 2.17. The lowest BCUT2D eigenvalue weighted by atomic mass is 9.91. The molecule has 0 aliphatic heterocycles. The number of hydrogen-bond acceptors (Lipinski definition) is 1. The lowest BCUT2D eigenvalue weighted by Crippen LogP contribution is -2.24. The maximum atomic E-state index is 13.3. The Morgan fingerprint density at radius 3 is 2.05 bits per heavy atom. The van der Waals surface area contributed by atoms with Gasteiger partial charge in [0, 0.05) is 12.1 Å². The van der Waals surface area contributed by atoms with E-state index < -0.39 is 11.6 Å². The van der Waals surface area contributed by atoms with E-state index in [1.807, 2.05) is 0 Å². The Bertz CT molecular complexity index is 355. The van der Waals surface area contributed by atoms with Crippen LogP contribution < -0.4 is 5.32 Å². The molecule has 0 saturated carbocycles. The molecule has 0 amide bonds. The van der Waals surface area contributed by atoms with Crippen LogP contribution in [0.25, 0.3) is 0 Å². The fraction of sp³-hybridized carbons (Fsp3) is 0.625. The van der Waals surface area contributed by atoms with Gasteiger partial charge in [-0.1, -0.05) is 33.6 Å². The van der Waals surface area contributed by atoms with Crippen molar-refractivity contribution in [3.8, 4) is 0 Å². The van der Waals surface area contributed by atoms with Crippen LogP contribution in [-0.2, 0) is 0 Å². The van der Waals surface area contributed by atoms with Crippen molar-refractivity contribution in [2.45, 2.75) is 52.5 Å². The molecule has 0 aliphatic rings. The standard InChI is InChI=1S/C16H25F2N/c1-4-7-19-16(8-12(5-2)6-3)13-9-14(17)11-15(18)10-13/h9-12,16,19H,4-8H2,1-3H3. The number of benzene rings is 1. The summed E-state index contributed by atoms with van der Waals surface area (Å²) in [7, 11) is 0. The van der Waals surface area contributed by atoms with Gasteiger partial charge >= 0.3 is 0 Å². The monoisotopic (exact) mass is 269 g/mol. The van der Waals surface area contributed by atoms with Crippen LogP contribution in [0.4, 0.5) is 8.78 Å². The van der Waals surface area contributed by atoms with Crippen LogP contribution in [-0.4, -0.2) is 6.54 Å². The van der Waals surface area contributed by atoms with Gasteiger partial charge in [0.1, 0.15) is 11.6 Å². The predicted octanol–water partition coefficient (Wildman–Crippen LogP) is 4.83. The quantitative estimate of drug-likeness (QED) is 0.712. The van der Waals surface area contributed by atoms with E-state index in [0.29, 0.717) is 5.92 Å². The summed E-state index contributed by atoms with van der Waals surface area (Å²) in [6, 6.07) is 3.85. The van der Waals surface area contributed by atoms with Gasteiger partial charge in [-0.2, -0.15) is 0 Å². The zero-order valence-corrected chi connectivity index (χ0v) is 12.2. The average molecular weight is 269 g/mol. The van der Waals surface area contributed by atoms with Crippen LogP contribution in [0, 0.1) is 17.6 Å². The first kappa shape index (κ1) is 16.1. The van der Waals surface area contributed by atoms with Crippen molar-refractivity contribution in [3.63, 3.8) is 0 Å². The van der Waals surface area contributed by atoms with Crippen molar-refractivity contribution in [1.82, 2.24) is 5.32 Å². The van der Waals surface area contributed by atoms with Gasteiger partial charge in [-0.05, 0) is 43.0 Å². The highest BCUT2D eigenvalue weighted by Crippen LogP contribution is 2.26. The summed E-state index contributed by atoms with van der Waals surface area (Å²) < 4.78 is 26.7. The first-order valence-electron chi connectivity index (χ1n) is 7.30. The van der Waals surface area contributed by atoms with Crippen LogP contribution in [0.3, 0.4) is 0 Å². The first-order valence-corrected chi connectivity index (χ1v) is 7.30. The minimum absolute atomic E-state index is 0.0371. The molecule has 3 heteroatoms. The minimum Gasteiger partial charge on any atom is -0.310 e. The highest BCUT2D eigenvalue weighted by atomic mass is 19.1. The minimum atomic E-state index is -0.497. The topological polar surface area (TPSA) is 12.0 Å². The Kier molecular flexibility index (Phi) is 7.00. The maximum Gasteiger partial charge on any atom is 0.126 e. The second kappa shape index (κ2) is 8.26. The van der Waals surface area contributed by atoms with Gasteiger partial charge in [0.25, 0.3) is 0 Å². The van der Waals surface area contributed by atoms with E-state index in [4.69, 9.17) is 0 Å². The fourth-order valence-corrected chi connectivity index (χ4v) is 2.39. The summed E-state index contributed by atoms with van der Waals surface area (Å²) in [6.07, 6.45) is 4.13. The van der Waals surface area contributed by atoms with E-state index in [2.05, 4.69) is 26.1 Å². The lowest BCUT2D eigenvalue weighted by Gasteiger charge is -2.23. The summed E-state index contributed by atoms with van der Waals surface area (Å²) in [5.41, 5.74) is 0.720. The van der Waals surface area contributed by atoms with E-state index in [9.17, 15) is 8.78 Å². The van der Waals surface area contributed by atoms with E-state index in [1.165, 1.54) is 12.1 Å². The van der Waals surface area contributed by atoms with Gasteiger partial charge in [-0.15, -0.1) is 0 Å². The van der Waals surface area contributed by atoms with Crippen molar-refractivity contribution in [2.75, 3.05) is 6.54 Å². The lowest BCUT2D eigenvalue weighted by molar-refractivity contribution is 0.369. The number of rotatable bonds is 8. The largest absolute Gasteiger partial charge is 0.310 e. The zero-order chi connectivity index (χ0) is 14.3. The molecule has 1 atom stereocenters. The zero-order valence-electron chi connectivity index (χ0n) is 12.2. The molecule has 1 nitrogen and oxygen atoms in total. The molecule has 0 fully saturated rings. The fourth-order valence-electron chi connectivity index (χ4n) is 2.39. The molecule has 19 heavy (non-hydrogen) atoms. The van der Waals surface area contributed by atoms with Crippen LogP contribution >= 0.6 is 0 Å². The van der Waals surface area contributed by atoms with Crippen LogP contribution in [0.5, 0.6) is 0 Å². The highest BCUT2D eigenvalue weighted by molar-refractivity contribution is 5.21. The average Bonchev–Trinajstić information content (AvgIpc) is 2.38. The third-order valence-corrected chi connectivity index (χ3v) is 3.65. The van der Waals surface area contributed by atoms with E-state index in [1.54, 1.807) is 0 Å². The molecule has 0 spiro atoms. The number of nitrogens with one attached hydrogen (secondary N) is 1. The van der Waals surface area contributed by atoms with Crippen LogP contribution in [0.1, 0.15) is 58.1 Å². The SMILES string of the molecule is CCCNC(CC(CC)CC)c1cc(F)cc(F)c1. The second-order valence-corrected chi connectivity index (χ2v) is 5.13. The molecule has 0 aromatic heterocycles. The molecule has 1 N–H and O–H groups in total. The molecule has 0 saturated heterocycles. The molecule has 1 unspecified atom stereocenters. The maximum absolute atomic E-state index is 13.3. The third-order valence-electron chi connectivity index (χ3n) is 3.65. The number of halogens is 2. The Labute approximate surface area is 115 Å². The van der Waals surface area contributed by atoms with Crippen molar-refractivity contribution >= 4 is 0 Å². The van der Waals surface area contributed by atoms with Gasteiger partial charge in [0.05, 0.1) is 0 Å². The molecule has 108 valence electrons. The molecular formula is C16H25F2N. The van der Waals surface area contributed by atoms with Crippen molar-refractivity contribution in [1.29, 1.82) is 0 Å². The van der Waals surface area contributed by atoms with E-state index in [0.717, 1.165) is 43.9 Å². The van der Waals surface area contributed by atoms with Gasteiger partial charge in [-0.25, -0.2) is 8.78 Å². The van der Waals surface area contributed by atoms with Crippen LogP contribution in [0.2, 0.25) is 0 Å². The Morgan fingerprint density at radius 1 is 1.00 bits per heavy atom. The van der Waals surface area contributed by atoms with Gasteiger partial charge < -0.3 is 5.32 Å². The van der Waals surface area contributed by atoms with Crippen molar-refractivity contribution < 1.29 is 8.78 Å². The Hall–Kier alpha value is -0.960. The van der Waals surface area contributed by atoms with E-state index >= 15 is 0 Å². The smallest absolute Gasteiger partial charge is 0.126 e. The number of hydrogen-bond donors (Lipinski definition) is 1. The van der Waals surface area contributed by atoms with E-state index in [-0.39, 0.29) is 6.04 Å². The molecule has 0 radical (unpaired) electrons. The molecule has 1 aromatic carbocycles. The van der Waals surface area contributed by atoms with Gasteiger partial charge in [0.2, 0.25) is 0 Å². The predicted molar refractivity (Wildman–Crippen MR) is 76.1 cm³/mol. The summed E-state index contributed by atoms with van der Waals surface area (Å²) in [5.74, 6) is -0.411. The summed E-state index contributed by atoms with van der Waals surface area (Å²) in [5, 5.41) is 3.41. The van der Waals surface area contributed by atoms with Gasteiger partial charge in [-0.3, -0.25) is 0 Å². The summed E-state index contributed by atoms with van der Waals surface area (Å²) in [4.78, 5) is 0. The van der Waals surface area contributed by atoms with Crippen LogP contribution in [0.15, 0.2) is 18.2 Å². The summed E-state index contributed by atoms with van der Waals surface area (Å²) >= 11 is 0. The molecule has 0 bridgehead atoms. The molecule has 0 aliphatic carbocycles. The first-order chi connectivity index (χ1) is 9.10. The van der Waals surface area contributed by atoms with Crippen molar-refractivity contribution in [3.05, 3.63) is 35.4 Å². The van der Waals surface area contributed by atoms with Gasteiger partial charge in [0.15, 0.2) is 0 Å². The second-order valence-electron chi connectivity index (χ2n) is 5.13. The Morgan fingerprint density at radius 2 is 1.58 bits per heavy atom. The Balaban J connectivity index is 2.87. The molecular weight excluding hydrogens is 244 g/mol. The third kappa shape index (κ3) is 5.27. The molecule has 1 rings (SSSR count). The summed E-state index contributed by atoms with van der Waals surface area (Å²) in [6.45, 7) is 7.28. The molecule has 0 heterocycles. The normalized spacial score (nSPS) is 12.9. The van der Waals surface area contributed by atoms with Crippen molar-refractivity contribution in [2.24, 2.45) is 5.92 Å². The molecule has 1 aromatic rings.